The highest BCUT2D eigenvalue weighted by molar-refractivity contribution is 9.10. The van der Waals surface area contributed by atoms with E-state index >= 15 is 0 Å². The molecule has 6 heteroatoms. The van der Waals surface area contributed by atoms with E-state index in [1.165, 1.54) is 0 Å². The van der Waals surface area contributed by atoms with Crippen LogP contribution >= 0.6 is 50.7 Å². The third-order valence-corrected chi connectivity index (χ3v) is 3.99. The molecule has 1 heterocycles. The second kappa shape index (κ2) is 5.44. The molecule has 0 radical (unpaired) electrons. The van der Waals surface area contributed by atoms with Crippen molar-refractivity contribution in [1.29, 1.82) is 0 Å². The van der Waals surface area contributed by atoms with Crippen molar-refractivity contribution in [2.75, 3.05) is 5.32 Å². The monoisotopic (exact) mass is 350 g/mol. The Kier molecular flexibility index (Phi) is 4.15. The van der Waals surface area contributed by atoms with Gasteiger partial charge in [-0.05, 0) is 40.2 Å². The number of hydrogen-bond donors (Lipinski definition) is 1. The van der Waals surface area contributed by atoms with Crippen molar-refractivity contribution in [3.05, 3.63) is 50.0 Å². The van der Waals surface area contributed by atoms with Crippen LogP contribution in [0.2, 0.25) is 15.2 Å². The lowest BCUT2D eigenvalue weighted by atomic mass is 10.3. The van der Waals surface area contributed by atoms with E-state index in [1.54, 1.807) is 30.3 Å². The summed E-state index contributed by atoms with van der Waals surface area (Å²) in [5, 5.41) is 4.35. The van der Waals surface area contributed by atoms with Gasteiger partial charge in [-0.1, -0.05) is 40.9 Å². The Bertz CT molecular complexity index is 560. The van der Waals surface area contributed by atoms with Crippen LogP contribution in [0.15, 0.2) is 34.8 Å². The summed E-state index contributed by atoms with van der Waals surface area (Å²) in [4.78, 5) is 4.10. The molecule has 1 aromatic heterocycles. The molecule has 0 saturated carbocycles. The highest BCUT2D eigenvalue weighted by atomic mass is 79.9. The second-order valence-corrected chi connectivity index (χ2v) is 5.19. The lowest BCUT2D eigenvalue weighted by molar-refractivity contribution is 1.31. The van der Waals surface area contributed by atoms with Crippen molar-refractivity contribution in [2.24, 2.45) is 0 Å². The minimum atomic E-state index is 0.411. The Labute approximate surface area is 122 Å². The molecule has 2 aromatic rings. The molecule has 0 spiro atoms. The van der Waals surface area contributed by atoms with Gasteiger partial charge in [0.1, 0.15) is 11.0 Å². The van der Waals surface area contributed by atoms with Gasteiger partial charge < -0.3 is 5.32 Å². The van der Waals surface area contributed by atoms with Crippen LogP contribution < -0.4 is 5.32 Å². The lowest BCUT2D eigenvalue weighted by Gasteiger charge is -2.09. The standard InChI is InChI=1S/C11H6BrCl3N2/c12-6-4-5-7(11(15)10(6)14)16-9-3-1-2-8(13)17-9/h1-5H,(H,16,17). The van der Waals surface area contributed by atoms with Gasteiger partial charge in [-0.2, -0.15) is 0 Å². The van der Waals surface area contributed by atoms with Gasteiger partial charge in [0.2, 0.25) is 0 Å². The topological polar surface area (TPSA) is 24.9 Å². The zero-order valence-corrected chi connectivity index (χ0v) is 12.2. The van der Waals surface area contributed by atoms with Gasteiger partial charge in [-0.15, -0.1) is 0 Å². The van der Waals surface area contributed by atoms with Crippen molar-refractivity contribution in [3.8, 4) is 0 Å². The van der Waals surface area contributed by atoms with Gasteiger partial charge in [-0.3, -0.25) is 0 Å². The summed E-state index contributed by atoms with van der Waals surface area (Å²) in [5.74, 6) is 0.609. The van der Waals surface area contributed by atoms with E-state index in [9.17, 15) is 0 Å². The van der Waals surface area contributed by atoms with Crippen LogP contribution in [0.5, 0.6) is 0 Å². The number of anilines is 2. The molecule has 0 amide bonds. The fourth-order valence-corrected chi connectivity index (χ4v) is 2.22. The zero-order chi connectivity index (χ0) is 12.4. The van der Waals surface area contributed by atoms with Gasteiger partial charge in [0.05, 0.1) is 15.7 Å². The van der Waals surface area contributed by atoms with E-state index in [2.05, 4.69) is 26.2 Å². The van der Waals surface area contributed by atoms with Crippen LogP contribution in [0.4, 0.5) is 11.5 Å². The Morgan fingerprint density at radius 1 is 1.00 bits per heavy atom. The number of hydrogen-bond acceptors (Lipinski definition) is 2. The van der Waals surface area contributed by atoms with Crippen LogP contribution in [0.25, 0.3) is 0 Å². The maximum Gasteiger partial charge on any atom is 0.132 e. The number of nitrogens with one attached hydrogen (secondary N) is 1. The Hall–Kier alpha value is -0.480. The molecule has 2 rings (SSSR count). The molecule has 0 atom stereocenters. The number of aromatic nitrogens is 1. The molecular weight excluding hydrogens is 346 g/mol. The maximum absolute atomic E-state index is 6.10. The second-order valence-electron chi connectivity index (χ2n) is 3.19. The summed E-state index contributed by atoms with van der Waals surface area (Å²) in [6, 6.07) is 8.90. The van der Waals surface area contributed by atoms with E-state index in [0.29, 0.717) is 26.7 Å². The van der Waals surface area contributed by atoms with E-state index in [1.807, 2.05) is 0 Å². The quantitative estimate of drug-likeness (QED) is 0.566. The van der Waals surface area contributed by atoms with Crippen molar-refractivity contribution >= 4 is 62.2 Å². The van der Waals surface area contributed by atoms with Crippen molar-refractivity contribution in [3.63, 3.8) is 0 Å². The zero-order valence-electron chi connectivity index (χ0n) is 8.35. The maximum atomic E-state index is 6.10. The van der Waals surface area contributed by atoms with E-state index in [0.717, 1.165) is 4.47 Å². The van der Waals surface area contributed by atoms with Gasteiger partial charge in [0.25, 0.3) is 0 Å². The van der Waals surface area contributed by atoms with Crippen LogP contribution in [0, 0.1) is 0 Å². The van der Waals surface area contributed by atoms with Crippen molar-refractivity contribution in [2.45, 2.75) is 0 Å². The summed E-state index contributed by atoms with van der Waals surface area (Å²) in [5.41, 5.74) is 0.676. The lowest BCUT2D eigenvalue weighted by Crippen LogP contribution is -1.94. The minimum Gasteiger partial charge on any atom is -0.339 e. The van der Waals surface area contributed by atoms with E-state index in [4.69, 9.17) is 34.8 Å². The number of halogens is 4. The fraction of sp³-hybridized carbons (Fsp3) is 0. The largest absolute Gasteiger partial charge is 0.339 e. The first kappa shape index (κ1) is 13.0. The predicted octanol–water partition coefficient (Wildman–Crippen LogP) is 5.55. The van der Waals surface area contributed by atoms with Gasteiger partial charge in [0.15, 0.2) is 0 Å². The molecule has 0 aliphatic carbocycles. The predicted molar refractivity (Wildman–Crippen MR) is 76.7 cm³/mol. The molecule has 1 aromatic carbocycles. The number of nitrogens with zero attached hydrogens (tertiary/aromatic N) is 1. The first-order valence-corrected chi connectivity index (χ1v) is 6.53. The smallest absolute Gasteiger partial charge is 0.132 e. The van der Waals surface area contributed by atoms with Gasteiger partial charge in [-0.25, -0.2) is 4.98 Å². The minimum absolute atomic E-state index is 0.411. The molecule has 1 N–H and O–H groups in total. The average molecular weight is 352 g/mol. The SMILES string of the molecule is Clc1cccc(Nc2ccc(Br)c(Cl)c2Cl)n1. The van der Waals surface area contributed by atoms with E-state index in [-0.39, 0.29) is 0 Å². The molecule has 0 unspecified atom stereocenters. The summed E-state index contributed by atoms with van der Waals surface area (Å²) in [6.45, 7) is 0. The summed E-state index contributed by atoms with van der Waals surface area (Å²) in [7, 11) is 0. The molecule has 0 aliphatic heterocycles. The van der Waals surface area contributed by atoms with E-state index < -0.39 is 0 Å². The molecule has 17 heavy (non-hydrogen) atoms. The molecule has 0 saturated heterocycles. The Morgan fingerprint density at radius 3 is 2.47 bits per heavy atom. The third-order valence-electron chi connectivity index (χ3n) is 2.01. The summed E-state index contributed by atoms with van der Waals surface area (Å²) < 4.78 is 0.744. The molecule has 0 fully saturated rings. The molecule has 2 nitrogen and oxygen atoms in total. The molecule has 88 valence electrons. The molecule has 0 bridgehead atoms. The molecule has 0 aliphatic rings. The Morgan fingerprint density at radius 2 is 1.76 bits per heavy atom. The third kappa shape index (κ3) is 3.05. The highest BCUT2D eigenvalue weighted by Crippen LogP contribution is 2.36. The van der Waals surface area contributed by atoms with Crippen molar-refractivity contribution < 1.29 is 0 Å². The first-order valence-electron chi connectivity index (χ1n) is 4.61. The normalized spacial score (nSPS) is 10.4. The number of rotatable bonds is 2. The average Bonchev–Trinajstić information content (AvgIpc) is 2.30. The summed E-state index contributed by atoms with van der Waals surface area (Å²) >= 11 is 21.2. The van der Waals surface area contributed by atoms with Crippen LogP contribution in [0.3, 0.4) is 0 Å². The Balaban J connectivity index is 2.34. The van der Waals surface area contributed by atoms with Crippen LogP contribution in [-0.4, -0.2) is 4.98 Å². The fourth-order valence-electron chi connectivity index (χ4n) is 1.24. The van der Waals surface area contributed by atoms with Crippen LogP contribution in [-0.2, 0) is 0 Å². The van der Waals surface area contributed by atoms with Gasteiger partial charge in [0, 0.05) is 4.47 Å². The van der Waals surface area contributed by atoms with Gasteiger partial charge >= 0.3 is 0 Å². The van der Waals surface area contributed by atoms with Crippen LogP contribution in [0.1, 0.15) is 0 Å². The summed E-state index contributed by atoms with van der Waals surface area (Å²) in [6.07, 6.45) is 0. The first-order chi connectivity index (χ1) is 8.08. The highest BCUT2D eigenvalue weighted by Gasteiger charge is 2.08. The van der Waals surface area contributed by atoms with Crippen molar-refractivity contribution in [1.82, 2.24) is 4.98 Å². The molecular formula is C11H6BrCl3N2. The number of pyridine rings is 1. The number of benzene rings is 1.